The molecule has 0 radical (unpaired) electrons. The number of aliphatic carboxylic acids is 1. The maximum Gasteiger partial charge on any atom is 0.303 e. The normalized spacial score (nSPS) is 10.0. The molecule has 0 fully saturated rings. The summed E-state index contributed by atoms with van der Waals surface area (Å²) < 4.78 is 0. The summed E-state index contributed by atoms with van der Waals surface area (Å²) in [6, 6.07) is 5.40. The Bertz CT molecular complexity index is 337. The molecule has 5 N–H and O–H groups in total. The minimum atomic E-state index is -0.770. The fourth-order valence-electron chi connectivity index (χ4n) is 1.22. The quantitative estimate of drug-likeness (QED) is 0.629. The van der Waals surface area contributed by atoms with Crippen LogP contribution >= 0.6 is 0 Å². The van der Waals surface area contributed by atoms with E-state index in [9.17, 15) is 4.79 Å². The minimum absolute atomic E-state index is 0.185. The van der Waals surface area contributed by atoms with Gasteiger partial charge in [0.05, 0.1) is 11.4 Å². The van der Waals surface area contributed by atoms with Gasteiger partial charge >= 0.3 is 5.97 Å². The molecule has 1 aromatic carbocycles. The first-order chi connectivity index (χ1) is 6.59. The Kier molecular flexibility index (Phi) is 3.34. The van der Waals surface area contributed by atoms with Gasteiger partial charge in [0.1, 0.15) is 0 Å². The van der Waals surface area contributed by atoms with Crippen LogP contribution in [0.2, 0.25) is 0 Å². The first kappa shape index (κ1) is 10.4. The molecule has 0 saturated heterocycles. The largest absolute Gasteiger partial charge is 0.481 e. The molecule has 0 aromatic heterocycles. The molecule has 0 saturated carbocycles. The summed E-state index contributed by atoms with van der Waals surface area (Å²) in [5.74, 6) is -0.770. The molecular formula is C10H14N2O2. The highest BCUT2D eigenvalue weighted by atomic mass is 16.4. The maximum absolute atomic E-state index is 10.3. The molecule has 0 spiro atoms. The topological polar surface area (TPSA) is 89.3 Å². The Hall–Kier alpha value is -1.71. The second-order valence-corrected chi connectivity index (χ2v) is 3.21. The van der Waals surface area contributed by atoms with E-state index in [1.165, 1.54) is 0 Å². The maximum atomic E-state index is 10.3. The van der Waals surface area contributed by atoms with Crippen LogP contribution in [0.1, 0.15) is 18.4 Å². The van der Waals surface area contributed by atoms with Crippen LogP contribution in [0.25, 0.3) is 0 Å². The smallest absolute Gasteiger partial charge is 0.303 e. The van der Waals surface area contributed by atoms with Gasteiger partial charge in [-0.2, -0.15) is 0 Å². The summed E-state index contributed by atoms with van der Waals surface area (Å²) in [5, 5.41) is 8.45. The van der Waals surface area contributed by atoms with Crippen molar-refractivity contribution in [1.82, 2.24) is 0 Å². The van der Waals surface area contributed by atoms with Gasteiger partial charge in [0, 0.05) is 6.42 Å². The molecular weight excluding hydrogens is 180 g/mol. The van der Waals surface area contributed by atoms with Crippen LogP contribution in [0.15, 0.2) is 18.2 Å². The van der Waals surface area contributed by atoms with Crippen LogP contribution in [0.3, 0.4) is 0 Å². The standard InChI is InChI=1S/C10H14N2O2/c11-8-5-4-7(6-9(8)12)2-1-3-10(13)14/h4-6H,1-3,11-12H2,(H,13,14). The number of anilines is 2. The van der Waals surface area contributed by atoms with Crippen LogP contribution in [-0.2, 0) is 11.2 Å². The number of carboxylic acids is 1. The summed E-state index contributed by atoms with van der Waals surface area (Å²) in [5.41, 5.74) is 13.3. The molecule has 4 heteroatoms. The Morgan fingerprint density at radius 1 is 1.29 bits per heavy atom. The molecule has 14 heavy (non-hydrogen) atoms. The van der Waals surface area contributed by atoms with Crippen molar-refractivity contribution in [2.75, 3.05) is 11.5 Å². The van der Waals surface area contributed by atoms with Crippen molar-refractivity contribution in [3.8, 4) is 0 Å². The summed E-state index contributed by atoms with van der Waals surface area (Å²) in [4.78, 5) is 10.3. The van der Waals surface area contributed by atoms with Gasteiger partial charge in [-0.3, -0.25) is 4.79 Å². The van der Waals surface area contributed by atoms with E-state index in [0.717, 1.165) is 12.0 Å². The molecule has 0 aliphatic carbocycles. The van der Waals surface area contributed by atoms with Crippen molar-refractivity contribution in [1.29, 1.82) is 0 Å². The van der Waals surface area contributed by atoms with Crippen LogP contribution in [0.4, 0.5) is 11.4 Å². The molecule has 0 bridgehead atoms. The van der Waals surface area contributed by atoms with E-state index in [1.807, 2.05) is 6.07 Å². The van der Waals surface area contributed by atoms with Gasteiger partial charge in [0.25, 0.3) is 0 Å². The highest BCUT2D eigenvalue weighted by molar-refractivity contribution is 5.67. The lowest BCUT2D eigenvalue weighted by atomic mass is 10.1. The first-order valence-corrected chi connectivity index (χ1v) is 4.45. The summed E-state index contributed by atoms with van der Waals surface area (Å²) >= 11 is 0. The molecule has 0 atom stereocenters. The monoisotopic (exact) mass is 194 g/mol. The SMILES string of the molecule is Nc1ccc(CCCC(=O)O)cc1N. The average molecular weight is 194 g/mol. The number of benzene rings is 1. The van der Waals surface area contributed by atoms with Crippen LogP contribution in [0.5, 0.6) is 0 Å². The number of hydrogen-bond acceptors (Lipinski definition) is 3. The molecule has 1 rings (SSSR count). The fraction of sp³-hybridized carbons (Fsp3) is 0.300. The number of aryl methyl sites for hydroxylation is 1. The van der Waals surface area contributed by atoms with Crippen LogP contribution < -0.4 is 11.5 Å². The van der Waals surface area contributed by atoms with Crippen molar-refractivity contribution in [3.63, 3.8) is 0 Å². The van der Waals surface area contributed by atoms with Crippen molar-refractivity contribution in [2.45, 2.75) is 19.3 Å². The summed E-state index contributed by atoms with van der Waals surface area (Å²) in [7, 11) is 0. The molecule has 0 heterocycles. The first-order valence-electron chi connectivity index (χ1n) is 4.45. The van der Waals surface area contributed by atoms with Gasteiger partial charge in [-0.1, -0.05) is 6.07 Å². The lowest BCUT2D eigenvalue weighted by Crippen LogP contribution is -1.98. The minimum Gasteiger partial charge on any atom is -0.481 e. The van der Waals surface area contributed by atoms with Crippen molar-refractivity contribution in [3.05, 3.63) is 23.8 Å². The van der Waals surface area contributed by atoms with E-state index in [-0.39, 0.29) is 6.42 Å². The third kappa shape index (κ3) is 2.97. The lowest BCUT2D eigenvalue weighted by Gasteiger charge is -2.03. The molecule has 0 aliphatic heterocycles. The van der Waals surface area contributed by atoms with Gasteiger partial charge in [0.15, 0.2) is 0 Å². The number of carbonyl (C=O) groups is 1. The Morgan fingerprint density at radius 3 is 2.57 bits per heavy atom. The highest BCUT2D eigenvalue weighted by Gasteiger charge is 2.00. The molecule has 0 unspecified atom stereocenters. The average Bonchev–Trinajstić information content (AvgIpc) is 2.10. The van der Waals surface area contributed by atoms with E-state index >= 15 is 0 Å². The zero-order chi connectivity index (χ0) is 10.6. The van der Waals surface area contributed by atoms with E-state index in [1.54, 1.807) is 12.1 Å². The van der Waals surface area contributed by atoms with Gasteiger partial charge in [-0.05, 0) is 30.5 Å². The highest BCUT2D eigenvalue weighted by Crippen LogP contribution is 2.17. The summed E-state index contributed by atoms with van der Waals surface area (Å²) in [6.45, 7) is 0. The third-order valence-corrected chi connectivity index (χ3v) is 2.01. The van der Waals surface area contributed by atoms with E-state index in [4.69, 9.17) is 16.6 Å². The van der Waals surface area contributed by atoms with Crippen LogP contribution in [0, 0.1) is 0 Å². The third-order valence-electron chi connectivity index (χ3n) is 2.01. The van der Waals surface area contributed by atoms with Crippen molar-refractivity contribution < 1.29 is 9.90 Å². The number of carboxylic acid groups (broad SMARTS) is 1. The number of rotatable bonds is 4. The van der Waals surface area contributed by atoms with Gasteiger partial charge < -0.3 is 16.6 Å². The Labute approximate surface area is 82.5 Å². The number of nitrogens with two attached hydrogens (primary N) is 2. The van der Waals surface area contributed by atoms with E-state index < -0.39 is 5.97 Å². The molecule has 0 aliphatic rings. The van der Waals surface area contributed by atoms with Crippen molar-refractivity contribution >= 4 is 17.3 Å². The lowest BCUT2D eigenvalue weighted by molar-refractivity contribution is -0.137. The van der Waals surface area contributed by atoms with Gasteiger partial charge in [-0.15, -0.1) is 0 Å². The molecule has 4 nitrogen and oxygen atoms in total. The Balaban J connectivity index is 2.51. The van der Waals surface area contributed by atoms with Gasteiger partial charge in [-0.25, -0.2) is 0 Å². The number of nitrogen functional groups attached to an aromatic ring is 2. The molecule has 1 aromatic rings. The fourth-order valence-corrected chi connectivity index (χ4v) is 1.22. The molecule has 0 amide bonds. The predicted molar refractivity (Wildman–Crippen MR) is 55.8 cm³/mol. The van der Waals surface area contributed by atoms with Crippen molar-refractivity contribution in [2.24, 2.45) is 0 Å². The molecule has 76 valence electrons. The zero-order valence-corrected chi connectivity index (χ0v) is 7.86. The van der Waals surface area contributed by atoms with E-state index in [0.29, 0.717) is 17.8 Å². The second kappa shape index (κ2) is 4.50. The zero-order valence-electron chi connectivity index (χ0n) is 7.86. The number of hydrogen-bond donors (Lipinski definition) is 3. The van der Waals surface area contributed by atoms with Crippen LogP contribution in [-0.4, -0.2) is 11.1 Å². The van der Waals surface area contributed by atoms with E-state index in [2.05, 4.69) is 0 Å². The predicted octanol–water partition coefficient (Wildman–Crippen LogP) is 1.26. The van der Waals surface area contributed by atoms with Gasteiger partial charge in [0.2, 0.25) is 0 Å². The Morgan fingerprint density at radius 2 is 2.00 bits per heavy atom. The second-order valence-electron chi connectivity index (χ2n) is 3.21. The summed E-state index contributed by atoms with van der Waals surface area (Å²) in [6.07, 6.45) is 1.53.